The molecule has 3 N–H and O–H groups in total. The number of rotatable bonds is 4. The molecule has 100 valence electrons. The van der Waals surface area contributed by atoms with Gasteiger partial charge in [-0.15, -0.1) is 21.5 Å². The van der Waals surface area contributed by atoms with Gasteiger partial charge in [0.2, 0.25) is 0 Å². The van der Waals surface area contributed by atoms with E-state index in [1.807, 2.05) is 11.4 Å². The maximum atomic E-state index is 11.9. The van der Waals surface area contributed by atoms with E-state index < -0.39 is 0 Å². The monoisotopic (exact) mass is 276 g/mol. The molecule has 0 spiro atoms. The van der Waals surface area contributed by atoms with Crippen LogP contribution in [-0.2, 0) is 5.41 Å². The first-order valence-electron chi connectivity index (χ1n) is 5.90. The predicted molar refractivity (Wildman–Crippen MR) is 76.1 cm³/mol. The first-order chi connectivity index (χ1) is 8.99. The van der Waals surface area contributed by atoms with E-state index in [2.05, 4.69) is 35.4 Å². The molecular formula is C13H16N4OS. The SMILES string of the molecule is CC(C)(CNC(=O)c1ccc(N)nn1)c1cccs1. The average molecular weight is 276 g/mol. The van der Waals surface area contributed by atoms with E-state index in [0.29, 0.717) is 12.4 Å². The Morgan fingerprint density at radius 3 is 2.74 bits per heavy atom. The molecule has 2 aromatic heterocycles. The summed E-state index contributed by atoms with van der Waals surface area (Å²) in [6.45, 7) is 4.72. The number of carbonyl (C=O) groups excluding carboxylic acids is 1. The number of carbonyl (C=O) groups is 1. The number of nitrogens with zero attached hydrogens (tertiary/aromatic N) is 2. The van der Waals surface area contributed by atoms with Crippen LogP contribution in [0.2, 0.25) is 0 Å². The third-order valence-corrected chi connectivity index (χ3v) is 4.03. The minimum Gasteiger partial charge on any atom is -0.382 e. The van der Waals surface area contributed by atoms with Crippen LogP contribution in [0.5, 0.6) is 0 Å². The van der Waals surface area contributed by atoms with Crippen molar-refractivity contribution in [1.82, 2.24) is 15.5 Å². The first-order valence-corrected chi connectivity index (χ1v) is 6.78. The molecule has 0 radical (unpaired) electrons. The minimum absolute atomic E-state index is 0.106. The fourth-order valence-corrected chi connectivity index (χ4v) is 2.46. The lowest BCUT2D eigenvalue weighted by Gasteiger charge is -2.23. The van der Waals surface area contributed by atoms with E-state index >= 15 is 0 Å². The number of aromatic nitrogens is 2. The Balaban J connectivity index is 1.99. The Morgan fingerprint density at radius 2 is 2.16 bits per heavy atom. The van der Waals surface area contributed by atoms with Gasteiger partial charge in [0.15, 0.2) is 5.69 Å². The Hall–Kier alpha value is -1.95. The second-order valence-electron chi connectivity index (χ2n) is 4.89. The van der Waals surface area contributed by atoms with Crippen LogP contribution in [-0.4, -0.2) is 22.6 Å². The fraction of sp³-hybridized carbons (Fsp3) is 0.308. The molecule has 0 aliphatic heterocycles. The smallest absolute Gasteiger partial charge is 0.271 e. The second kappa shape index (κ2) is 5.36. The van der Waals surface area contributed by atoms with Gasteiger partial charge in [0.25, 0.3) is 5.91 Å². The van der Waals surface area contributed by atoms with Crippen molar-refractivity contribution in [3.05, 3.63) is 40.2 Å². The molecule has 2 aromatic rings. The summed E-state index contributed by atoms with van der Waals surface area (Å²) in [7, 11) is 0. The van der Waals surface area contributed by atoms with Crippen LogP contribution >= 0.6 is 11.3 Å². The summed E-state index contributed by atoms with van der Waals surface area (Å²) in [5.74, 6) is 0.0626. The van der Waals surface area contributed by atoms with Crippen molar-refractivity contribution in [2.75, 3.05) is 12.3 Å². The zero-order valence-corrected chi connectivity index (χ0v) is 11.7. The summed E-state index contributed by atoms with van der Waals surface area (Å²) in [5, 5.41) is 12.3. The lowest BCUT2D eigenvalue weighted by Crippen LogP contribution is -2.36. The van der Waals surface area contributed by atoms with Gasteiger partial charge < -0.3 is 11.1 Å². The van der Waals surface area contributed by atoms with Crippen molar-refractivity contribution in [3.8, 4) is 0 Å². The first kappa shape index (κ1) is 13.5. The summed E-state index contributed by atoms with van der Waals surface area (Å²) < 4.78 is 0. The molecular weight excluding hydrogens is 260 g/mol. The summed E-state index contributed by atoms with van der Waals surface area (Å²) in [6, 6.07) is 7.21. The number of nitrogens with one attached hydrogen (secondary N) is 1. The lowest BCUT2D eigenvalue weighted by molar-refractivity contribution is 0.0940. The Kier molecular flexibility index (Phi) is 3.80. The molecule has 5 nitrogen and oxygen atoms in total. The molecule has 0 bridgehead atoms. The van der Waals surface area contributed by atoms with Gasteiger partial charge in [-0.25, -0.2) is 0 Å². The predicted octanol–water partition coefficient (Wildman–Crippen LogP) is 1.83. The third kappa shape index (κ3) is 3.29. The van der Waals surface area contributed by atoms with Gasteiger partial charge >= 0.3 is 0 Å². The molecule has 0 saturated carbocycles. The number of anilines is 1. The van der Waals surface area contributed by atoms with Crippen molar-refractivity contribution in [2.24, 2.45) is 0 Å². The molecule has 0 aromatic carbocycles. The number of thiophene rings is 1. The van der Waals surface area contributed by atoms with Crippen LogP contribution in [0.1, 0.15) is 29.2 Å². The Bertz CT molecular complexity index is 549. The number of hydrogen-bond donors (Lipinski definition) is 2. The molecule has 1 amide bonds. The molecule has 0 aliphatic rings. The lowest BCUT2D eigenvalue weighted by atomic mass is 9.91. The van der Waals surface area contributed by atoms with Crippen molar-refractivity contribution in [1.29, 1.82) is 0 Å². The molecule has 2 rings (SSSR count). The average Bonchev–Trinajstić information content (AvgIpc) is 2.91. The van der Waals surface area contributed by atoms with Crippen molar-refractivity contribution < 1.29 is 4.79 Å². The van der Waals surface area contributed by atoms with E-state index in [-0.39, 0.29) is 17.0 Å². The highest BCUT2D eigenvalue weighted by atomic mass is 32.1. The van der Waals surface area contributed by atoms with Crippen molar-refractivity contribution in [3.63, 3.8) is 0 Å². The number of amides is 1. The van der Waals surface area contributed by atoms with Gasteiger partial charge in [-0.2, -0.15) is 0 Å². The summed E-state index contributed by atoms with van der Waals surface area (Å²) >= 11 is 1.68. The molecule has 0 unspecified atom stereocenters. The Labute approximate surface area is 115 Å². The normalized spacial score (nSPS) is 11.3. The number of nitrogens with two attached hydrogens (primary N) is 1. The van der Waals surface area contributed by atoms with Gasteiger partial charge in [-0.1, -0.05) is 19.9 Å². The summed E-state index contributed by atoms with van der Waals surface area (Å²) in [4.78, 5) is 13.2. The van der Waals surface area contributed by atoms with Crippen LogP contribution in [0.15, 0.2) is 29.6 Å². The molecule has 19 heavy (non-hydrogen) atoms. The highest BCUT2D eigenvalue weighted by molar-refractivity contribution is 7.10. The fourth-order valence-electron chi connectivity index (χ4n) is 1.61. The number of nitrogen functional groups attached to an aromatic ring is 1. The van der Waals surface area contributed by atoms with E-state index in [0.717, 1.165) is 0 Å². The largest absolute Gasteiger partial charge is 0.382 e. The van der Waals surface area contributed by atoms with E-state index in [1.165, 1.54) is 4.88 Å². The maximum Gasteiger partial charge on any atom is 0.271 e. The Morgan fingerprint density at radius 1 is 1.37 bits per heavy atom. The highest BCUT2D eigenvalue weighted by Gasteiger charge is 2.23. The van der Waals surface area contributed by atoms with Gasteiger partial charge in [-0.05, 0) is 23.6 Å². The van der Waals surface area contributed by atoms with Crippen LogP contribution in [0.4, 0.5) is 5.82 Å². The zero-order valence-electron chi connectivity index (χ0n) is 10.9. The standard InChI is InChI=1S/C13H16N4OS/c1-13(2,10-4-3-7-19-10)8-15-12(18)9-5-6-11(14)17-16-9/h3-7H,8H2,1-2H3,(H2,14,17)(H,15,18). The highest BCUT2D eigenvalue weighted by Crippen LogP contribution is 2.26. The van der Waals surface area contributed by atoms with E-state index in [1.54, 1.807) is 23.5 Å². The van der Waals surface area contributed by atoms with Crippen LogP contribution in [0.25, 0.3) is 0 Å². The molecule has 0 atom stereocenters. The van der Waals surface area contributed by atoms with Crippen LogP contribution < -0.4 is 11.1 Å². The van der Waals surface area contributed by atoms with E-state index in [9.17, 15) is 4.79 Å². The van der Waals surface area contributed by atoms with Crippen LogP contribution in [0, 0.1) is 0 Å². The maximum absolute atomic E-state index is 11.9. The zero-order chi connectivity index (χ0) is 13.9. The molecule has 2 heterocycles. The van der Waals surface area contributed by atoms with Crippen molar-refractivity contribution in [2.45, 2.75) is 19.3 Å². The van der Waals surface area contributed by atoms with Gasteiger partial charge in [-0.3, -0.25) is 4.79 Å². The topological polar surface area (TPSA) is 80.9 Å². The molecule has 0 aliphatic carbocycles. The van der Waals surface area contributed by atoms with Gasteiger partial charge in [0.05, 0.1) is 0 Å². The van der Waals surface area contributed by atoms with Crippen molar-refractivity contribution >= 4 is 23.1 Å². The third-order valence-electron chi connectivity index (χ3n) is 2.80. The molecule has 0 fully saturated rings. The molecule has 6 heteroatoms. The van der Waals surface area contributed by atoms with Crippen LogP contribution in [0.3, 0.4) is 0 Å². The summed E-state index contributed by atoms with van der Waals surface area (Å²) in [6.07, 6.45) is 0. The van der Waals surface area contributed by atoms with Gasteiger partial charge in [0.1, 0.15) is 5.82 Å². The quantitative estimate of drug-likeness (QED) is 0.892. The second-order valence-corrected chi connectivity index (χ2v) is 5.83. The van der Waals surface area contributed by atoms with Gasteiger partial charge in [0, 0.05) is 16.8 Å². The minimum atomic E-state index is -0.239. The number of hydrogen-bond acceptors (Lipinski definition) is 5. The summed E-state index contributed by atoms with van der Waals surface area (Å²) in [5.41, 5.74) is 5.60. The van der Waals surface area contributed by atoms with E-state index in [4.69, 9.17) is 5.73 Å². The molecule has 0 saturated heterocycles.